The Morgan fingerprint density at radius 2 is 2.07 bits per heavy atom. The van der Waals surface area contributed by atoms with Gasteiger partial charge in [0.2, 0.25) is 10.0 Å². The molecule has 0 aromatic heterocycles. The summed E-state index contributed by atoms with van der Waals surface area (Å²) >= 11 is 0. The largest absolute Gasteiger partial charge is 0.329 e. The minimum Gasteiger partial charge on any atom is -0.329 e. The molecule has 4 nitrogen and oxygen atoms in total. The van der Waals surface area contributed by atoms with E-state index in [1.165, 1.54) is 0 Å². The van der Waals surface area contributed by atoms with Crippen molar-refractivity contribution in [1.29, 1.82) is 0 Å². The molecule has 0 spiro atoms. The van der Waals surface area contributed by atoms with Crippen molar-refractivity contribution in [2.75, 3.05) is 12.3 Å². The van der Waals surface area contributed by atoms with Gasteiger partial charge in [-0.25, -0.2) is 13.1 Å². The summed E-state index contributed by atoms with van der Waals surface area (Å²) in [5.41, 5.74) is 5.51. The average molecular weight is 234 g/mol. The summed E-state index contributed by atoms with van der Waals surface area (Å²) in [7, 11) is -3.20. The van der Waals surface area contributed by atoms with E-state index in [-0.39, 0.29) is 11.8 Å². The summed E-state index contributed by atoms with van der Waals surface area (Å²) in [5, 5.41) is 0. The smallest absolute Gasteiger partial charge is 0.212 e. The molecule has 5 heteroatoms. The Kier molecular flexibility index (Phi) is 6.80. The second-order valence-electron chi connectivity index (χ2n) is 4.08. The highest BCUT2D eigenvalue weighted by Crippen LogP contribution is 2.05. The Hall–Kier alpha value is -0.390. The van der Waals surface area contributed by atoms with Crippen LogP contribution in [0.2, 0.25) is 0 Å². The van der Waals surface area contributed by atoms with Gasteiger partial charge in [0.25, 0.3) is 0 Å². The molecule has 0 aliphatic heterocycles. The van der Waals surface area contributed by atoms with Gasteiger partial charge in [-0.15, -0.1) is 6.58 Å². The van der Waals surface area contributed by atoms with E-state index < -0.39 is 10.0 Å². The third-order valence-electron chi connectivity index (χ3n) is 1.98. The lowest BCUT2D eigenvalue weighted by molar-refractivity contribution is 0.465. The highest BCUT2D eigenvalue weighted by atomic mass is 32.2. The minimum atomic E-state index is -3.20. The van der Waals surface area contributed by atoms with Crippen LogP contribution in [0.25, 0.3) is 0 Å². The SMILES string of the molecule is C=CCCS(=O)(=O)NC(CN)CC(C)C. The van der Waals surface area contributed by atoms with Crippen LogP contribution in [-0.4, -0.2) is 26.8 Å². The van der Waals surface area contributed by atoms with E-state index in [1.807, 2.05) is 13.8 Å². The van der Waals surface area contributed by atoms with Crippen LogP contribution < -0.4 is 10.5 Å². The average Bonchev–Trinajstić information content (AvgIpc) is 2.12. The zero-order valence-corrected chi connectivity index (χ0v) is 10.4. The van der Waals surface area contributed by atoms with Crippen LogP contribution in [0.3, 0.4) is 0 Å². The zero-order chi connectivity index (χ0) is 11.9. The molecule has 0 radical (unpaired) electrons. The van der Waals surface area contributed by atoms with E-state index in [1.54, 1.807) is 6.08 Å². The molecule has 0 aromatic carbocycles. The maximum Gasteiger partial charge on any atom is 0.212 e. The van der Waals surface area contributed by atoms with Gasteiger partial charge in [-0.2, -0.15) is 0 Å². The van der Waals surface area contributed by atoms with Crippen LogP contribution in [0.15, 0.2) is 12.7 Å². The summed E-state index contributed by atoms with van der Waals surface area (Å²) in [4.78, 5) is 0. The van der Waals surface area contributed by atoms with Crippen molar-refractivity contribution >= 4 is 10.0 Å². The lowest BCUT2D eigenvalue weighted by atomic mass is 10.1. The maximum absolute atomic E-state index is 11.5. The molecule has 0 aromatic rings. The van der Waals surface area contributed by atoms with Gasteiger partial charge in [0, 0.05) is 12.6 Å². The third-order valence-corrected chi connectivity index (χ3v) is 3.44. The number of nitrogens with two attached hydrogens (primary N) is 1. The number of nitrogens with one attached hydrogen (secondary N) is 1. The Bertz CT molecular complexity index is 273. The molecule has 1 atom stereocenters. The van der Waals surface area contributed by atoms with Crippen molar-refractivity contribution in [2.45, 2.75) is 32.7 Å². The molecule has 0 aliphatic carbocycles. The van der Waals surface area contributed by atoms with E-state index in [4.69, 9.17) is 5.73 Å². The number of allylic oxidation sites excluding steroid dienone is 1. The van der Waals surface area contributed by atoms with Crippen LogP contribution in [0.4, 0.5) is 0 Å². The Morgan fingerprint density at radius 3 is 2.47 bits per heavy atom. The summed E-state index contributed by atoms with van der Waals surface area (Å²) in [6.45, 7) is 7.92. The fraction of sp³-hybridized carbons (Fsp3) is 0.800. The maximum atomic E-state index is 11.5. The van der Waals surface area contributed by atoms with Crippen molar-refractivity contribution < 1.29 is 8.42 Å². The van der Waals surface area contributed by atoms with Crippen LogP contribution in [-0.2, 0) is 10.0 Å². The number of hydrogen-bond donors (Lipinski definition) is 2. The molecule has 90 valence electrons. The molecule has 0 heterocycles. The second-order valence-corrected chi connectivity index (χ2v) is 5.95. The second kappa shape index (κ2) is 6.98. The zero-order valence-electron chi connectivity index (χ0n) is 9.57. The molecule has 0 rings (SSSR count). The van der Waals surface area contributed by atoms with Gasteiger partial charge < -0.3 is 5.73 Å². The lowest BCUT2D eigenvalue weighted by Crippen LogP contribution is -2.41. The van der Waals surface area contributed by atoms with E-state index in [2.05, 4.69) is 11.3 Å². The molecule has 1 unspecified atom stereocenters. The van der Waals surface area contributed by atoms with Gasteiger partial charge in [0.05, 0.1) is 5.75 Å². The molecule has 15 heavy (non-hydrogen) atoms. The van der Waals surface area contributed by atoms with Gasteiger partial charge in [0.15, 0.2) is 0 Å². The molecule has 0 aliphatic rings. The van der Waals surface area contributed by atoms with Gasteiger partial charge in [-0.1, -0.05) is 19.9 Å². The van der Waals surface area contributed by atoms with Gasteiger partial charge in [0.1, 0.15) is 0 Å². The Balaban J connectivity index is 4.20. The highest BCUT2D eigenvalue weighted by molar-refractivity contribution is 7.89. The predicted molar refractivity (Wildman–Crippen MR) is 64.0 cm³/mol. The van der Waals surface area contributed by atoms with Crippen molar-refractivity contribution in [2.24, 2.45) is 11.7 Å². The van der Waals surface area contributed by atoms with E-state index in [0.29, 0.717) is 18.9 Å². The van der Waals surface area contributed by atoms with Crippen LogP contribution >= 0.6 is 0 Å². The molecular formula is C10H22N2O2S. The first-order chi connectivity index (χ1) is 6.91. The van der Waals surface area contributed by atoms with E-state index >= 15 is 0 Å². The monoisotopic (exact) mass is 234 g/mol. The third kappa shape index (κ3) is 7.53. The van der Waals surface area contributed by atoms with Crippen molar-refractivity contribution in [3.05, 3.63) is 12.7 Å². The molecule has 0 bridgehead atoms. The summed E-state index contributed by atoms with van der Waals surface area (Å²) in [5.74, 6) is 0.520. The Morgan fingerprint density at radius 1 is 1.47 bits per heavy atom. The van der Waals surface area contributed by atoms with Crippen molar-refractivity contribution in [3.8, 4) is 0 Å². The first kappa shape index (κ1) is 14.6. The highest BCUT2D eigenvalue weighted by Gasteiger charge is 2.16. The first-order valence-electron chi connectivity index (χ1n) is 5.22. The van der Waals surface area contributed by atoms with E-state index in [9.17, 15) is 8.42 Å². The first-order valence-corrected chi connectivity index (χ1v) is 6.87. The van der Waals surface area contributed by atoms with Crippen LogP contribution in [0.5, 0.6) is 0 Å². The summed E-state index contributed by atoms with van der Waals surface area (Å²) in [6, 6.07) is -0.153. The van der Waals surface area contributed by atoms with Gasteiger partial charge >= 0.3 is 0 Å². The van der Waals surface area contributed by atoms with Crippen molar-refractivity contribution in [1.82, 2.24) is 4.72 Å². The quantitative estimate of drug-likeness (QED) is 0.612. The molecule has 3 N–H and O–H groups in total. The van der Waals surface area contributed by atoms with Crippen LogP contribution in [0.1, 0.15) is 26.7 Å². The fourth-order valence-electron chi connectivity index (χ4n) is 1.31. The summed E-state index contributed by atoms with van der Waals surface area (Å²) < 4.78 is 25.7. The Labute approximate surface area is 93.0 Å². The molecule has 0 saturated heterocycles. The normalized spacial score (nSPS) is 14.1. The number of hydrogen-bond acceptors (Lipinski definition) is 3. The van der Waals surface area contributed by atoms with E-state index in [0.717, 1.165) is 6.42 Å². The topological polar surface area (TPSA) is 72.2 Å². The van der Waals surface area contributed by atoms with Gasteiger partial charge in [-0.05, 0) is 18.8 Å². The van der Waals surface area contributed by atoms with Crippen molar-refractivity contribution in [3.63, 3.8) is 0 Å². The molecule has 0 fully saturated rings. The molecule has 0 amide bonds. The number of rotatable bonds is 8. The number of sulfonamides is 1. The standard InChI is InChI=1S/C10H22N2O2S/c1-4-5-6-15(13,14)12-10(8-11)7-9(2)3/h4,9-10,12H,1,5-8,11H2,2-3H3. The fourth-order valence-corrected chi connectivity index (χ4v) is 2.61. The lowest BCUT2D eigenvalue weighted by Gasteiger charge is -2.18. The molecular weight excluding hydrogens is 212 g/mol. The van der Waals surface area contributed by atoms with Gasteiger partial charge in [-0.3, -0.25) is 0 Å². The predicted octanol–water partition coefficient (Wildman–Crippen LogP) is 0.855. The minimum absolute atomic E-state index is 0.0884. The summed E-state index contributed by atoms with van der Waals surface area (Å²) in [6.07, 6.45) is 2.83. The molecule has 0 saturated carbocycles. The van der Waals surface area contributed by atoms with Crippen LogP contribution in [0, 0.1) is 5.92 Å².